The molecule has 1 aromatic rings. The molecule has 0 radical (unpaired) electrons. The van der Waals surface area contributed by atoms with Crippen LogP contribution in [0.4, 0.5) is 0 Å². The molecule has 4 nitrogen and oxygen atoms in total. The fourth-order valence-corrected chi connectivity index (χ4v) is 1.06. The topological polar surface area (TPSA) is 64.3 Å². The number of nitrogens with one attached hydrogen (secondary N) is 1. The average Bonchev–Trinajstić information content (AvgIpc) is 2.15. The monoisotopic (exact) mass is 180 g/mol. The maximum Gasteiger partial charge on any atom is 0.249 e. The Balaban J connectivity index is 2.84. The summed E-state index contributed by atoms with van der Waals surface area (Å²) in [6, 6.07) is 7.14. The van der Waals surface area contributed by atoms with Crippen molar-refractivity contribution in [2.75, 3.05) is 7.11 Å². The number of nitrogens with two attached hydrogens (primary N) is 1. The van der Waals surface area contributed by atoms with Crippen molar-refractivity contribution in [3.05, 3.63) is 35.4 Å². The van der Waals surface area contributed by atoms with Gasteiger partial charge in [0.05, 0.1) is 7.11 Å². The Labute approximate surface area is 76.6 Å². The Morgan fingerprint density at radius 1 is 1.54 bits per heavy atom. The summed E-state index contributed by atoms with van der Waals surface area (Å²) in [4.78, 5) is 15.6. The zero-order valence-electron chi connectivity index (χ0n) is 7.41. The third kappa shape index (κ3) is 2.54. The van der Waals surface area contributed by atoms with Crippen LogP contribution in [0.1, 0.15) is 15.9 Å². The first kappa shape index (κ1) is 9.70. The molecular formula is C9H12N2O2. The lowest BCUT2D eigenvalue weighted by molar-refractivity contribution is 0.0859. The van der Waals surface area contributed by atoms with E-state index in [4.69, 9.17) is 5.73 Å². The molecule has 0 aliphatic carbocycles. The maximum atomic E-state index is 10.9. The summed E-state index contributed by atoms with van der Waals surface area (Å²) in [5, 5.41) is 0. The first-order chi connectivity index (χ1) is 6.25. The lowest BCUT2D eigenvalue weighted by Gasteiger charge is -2.05. The predicted molar refractivity (Wildman–Crippen MR) is 48.8 cm³/mol. The number of hydrogen-bond donors (Lipinski definition) is 2. The van der Waals surface area contributed by atoms with E-state index in [9.17, 15) is 4.79 Å². The van der Waals surface area contributed by atoms with Crippen molar-refractivity contribution in [2.24, 2.45) is 5.73 Å². The van der Waals surface area contributed by atoms with Gasteiger partial charge in [-0.05, 0) is 11.6 Å². The number of primary amides is 1. The highest BCUT2D eigenvalue weighted by atomic mass is 16.6. The van der Waals surface area contributed by atoms with Crippen LogP contribution >= 0.6 is 0 Å². The number of hydrogen-bond acceptors (Lipinski definition) is 3. The van der Waals surface area contributed by atoms with Gasteiger partial charge < -0.3 is 10.6 Å². The summed E-state index contributed by atoms with van der Waals surface area (Å²) in [7, 11) is 1.52. The van der Waals surface area contributed by atoms with E-state index >= 15 is 0 Å². The van der Waals surface area contributed by atoms with E-state index in [1.54, 1.807) is 12.1 Å². The van der Waals surface area contributed by atoms with Gasteiger partial charge in [0, 0.05) is 12.1 Å². The van der Waals surface area contributed by atoms with Gasteiger partial charge in [0.1, 0.15) is 0 Å². The largest absolute Gasteiger partial charge is 0.366 e. The molecule has 1 rings (SSSR count). The predicted octanol–water partition coefficient (Wildman–Crippen LogP) is 0.436. The summed E-state index contributed by atoms with van der Waals surface area (Å²) in [6.07, 6.45) is 0. The van der Waals surface area contributed by atoms with E-state index in [0.717, 1.165) is 5.56 Å². The van der Waals surface area contributed by atoms with Gasteiger partial charge in [-0.15, -0.1) is 0 Å². The van der Waals surface area contributed by atoms with Crippen molar-refractivity contribution in [1.82, 2.24) is 5.48 Å². The van der Waals surface area contributed by atoms with Crippen LogP contribution in [-0.2, 0) is 11.4 Å². The minimum Gasteiger partial charge on any atom is -0.366 e. The minimum absolute atomic E-state index is 0.423. The van der Waals surface area contributed by atoms with E-state index in [0.29, 0.717) is 12.1 Å². The number of rotatable bonds is 4. The Morgan fingerprint density at radius 3 is 2.85 bits per heavy atom. The fraction of sp³-hybridized carbons (Fsp3) is 0.222. The van der Waals surface area contributed by atoms with Crippen LogP contribution in [0.5, 0.6) is 0 Å². The van der Waals surface area contributed by atoms with Crippen LogP contribution in [0.25, 0.3) is 0 Å². The van der Waals surface area contributed by atoms with Crippen molar-refractivity contribution >= 4 is 5.91 Å². The molecule has 0 saturated carbocycles. The molecule has 0 heterocycles. The third-order valence-electron chi connectivity index (χ3n) is 1.69. The van der Waals surface area contributed by atoms with Gasteiger partial charge in [-0.3, -0.25) is 4.79 Å². The number of benzene rings is 1. The fourth-order valence-electron chi connectivity index (χ4n) is 1.06. The minimum atomic E-state index is -0.423. The zero-order chi connectivity index (χ0) is 9.68. The van der Waals surface area contributed by atoms with Crippen LogP contribution < -0.4 is 11.2 Å². The highest BCUT2D eigenvalue weighted by molar-refractivity contribution is 5.94. The van der Waals surface area contributed by atoms with Crippen molar-refractivity contribution in [2.45, 2.75) is 6.54 Å². The molecule has 3 N–H and O–H groups in total. The SMILES string of the molecule is CONCc1ccccc1C(N)=O. The molecular weight excluding hydrogens is 168 g/mol. The van der Waals surface area contributed by atoms with E-state index in [1.165, 1.54) is 7.11 Å². The van der Waals surface area contributed by atoms with Crippen molar-refractivity contribution in [3.63, 3.8) is 0 Å². The second kappa shape index (κ2) is 4.59. The highest BCUT2D eigenvalue weighted by Crippen LogP contribution is 2.07. The molecule has 0 atom stereocenters. The van der Waals surface area contributed by atoms with Crippen molar-refractivity contribution in [1.29, 1.82) is 0 Å². The second-order valence-corrected chi connectivity index (χ2v) is 2.55. The number of carbonyl (C=O) groups excluding carboxylic acids is 1. The van der Waals surface area contributed by atoms with Gasteiger partial charge in [0.25, 0.3) is 0 Å². The average molecular weight is 180 g/mol. The van der Waals surface area contributed by atoms with E-state index < -0.39 is 5.91 Å². The van der Waals surface area contributed by atoms with Gasteiger partial charge in [0.2, 0.25) is 5.91 Å². The Morgan fingerprint density at radius 2 is 2.23 bits per heavy atom. The molecule has 0 saturated heterocycles. The first-order valence-corrected chi connectivity index (χ1v) is 3.89. The summed E-state index contributed by atoms with van der Waals surface area (Å²) in [5.74, 6) is -0.423. The summed E-state index contributed by atoms with van der Waals surface area (Å²) in [5.41, 5.74) is 9.18. The van der Waals surface area contributed by atoms with Crippen LogP contribution in [0.15, 0.2) is 24.3 Å². The third-order valence-corrected chi connectivity index (χ3v) is 1.69. The van der Waals surface area contributed by atoms with Gasteiger partial charge in [-0.25, -0.2) is 0 Å². The van der Waals surface area contributed by atoms with Gasteiger partial charge in [-0.1, -0.05) is 18.2 Å². The van der Waals surface area contributed by atoms with Crippen molar-refractivity contribution in [3.8, 4) is 0 Å². The second-order valence-electron chi connectivity index (χ2n) is 2.55. The maximum absolute atomic E-state index is 10.9. The lowest BCUT2D eigenvalue weighted by Crippen LogP contribution is -2.18. The Bertz CT molecular complexity index is 299. The molecule has 0 aliphatic rings. The molecule has 1 amide bonds. The molecule has 0 spiro atoms. The molecule has 0 unspecified atom stereocenters. The molecule has 4 heteroatoms. The number of amides is 1. The van der Waals surface area contributed by atoms with E-state index in [-0.39, 0.29) is 0 Å². The lowest BCUT2D eigenvalue weighted by atomic mass is 10.1. The first-order valence-electron chi connectivity index (χ1n) is 3.89. The van der Waals surface area contributed by atoms with Crippen LogP contribution in [-0.4, -0.2) is 13.0 Å². The highest BCUT2D eigenvalue weighted by Gasteiger charge is 2.05. The molecule has 70 valence electrons. The van der Waals surface area contributed by atoms with E-state index in [1.807, 2.05) is 12.1 Å². The zero-order valence-corrected chi connectivity index (χ0v) is 7.41. The Hall–Kier alpha value is -1.39. The Kier molecular flexibility index (Phi) is 3.42. The number of carbonyl (C=O) groups is 1. The molecule has 0 bridgehead atoms. The summed E-state index contributed by atoms with van der Waals surface area (Å²) in [6.45, 7) is 0.468. The standard InChI is InChI=1S/C9H12N2O2/c1-13-11-6-7-4-2-3-5-8(7)9(10)12/h2-5,11H,6H2,1H3,(H2,10,12). The van der Waals surface area contributed by atoms with Crippen LogP contribution in [0.2, 0.25) is 0 Å². The summed E-state index contributed by atoms with van der Waals surface area (Å²) < 4.78 is 0. The smallest absolute Gasteiger partial charge is 0.249 e. The van der Waals surface area contributed by atoms with Gasteiger partial charge in [0.15, 0.2) is 0 Å². The van der Waals surface area contributed by atoms with E-state index in [2.05, 4.69) is 10.3 Å². The molecule has 13 heavy (non-hydrogen) atoms. The quantitative estimate of drug-likeness (QED) is 0.661. The van der Waals surface area contributed by atoms with Gasteiger partial charge >= 0.3 is 0 Å². The van der Waals surface area contributed by atoms with Crippen molar-refractivity contribution < 1.29 is 9.63 Å². The summed E-state index contributed by atoms with van der Waals surface area (Å²) >= 11 is 0. The van der Waals surface area contributed by atoms with Gasteiger partial charge in [-0.2, -0.15) is 5.48 Å². The molecule has 1 aromatic carbocycles. The normalized spacial score (nSPS) is 9.92. The molecule has 0 aromatic heterocycles. The van der Waals surface area contributed by atoms with Crippen LogP contribution in [0.3, 0.4) is 0 Å². The molecule has 0 fully saturated rings. The van der Waals surface area contributed by atoms with Crippen LogP contribution in [0, 0.1) is 0 Å². The number of hydroxylamine groups is 1. The molecule has 0 aliphatic heterocycles.